The van der Waals surface area contributed by atoms with Gasteiger partial charge in [-0.05, 0) is 44.4 Å². The smallest absolute Gasteiger partial charge is 0.271 e. The number of alkyl halides is 1. The first kappa shape index (κ1) is 28.7. The van der Waals surface area contributed by atoms with Crippen molar-refractivity contribution in [1.29, 1.82) is 0 Å². The molecule has 1 fully saturated rings. The van der Waals surface area contributed by atoms with E-state index < -0.39 is 18.1 Å². The number of anilines is 2. The van der Waals surface area contributed by atoms with Crippen molar-refractivity contribution in [3.05, 3.63) is 59.1 Å². The van der Waals surface area contributed by atoms with Gasteiger partial charge in [0, 0.05) is 45.0 Å². The molecule has 2 heterocycles. The predicted octanol–water partition coefficient (Wildman–Crippen LogP) is 1.91. The summed E-state index contributed by atoms with van der Waals surface area (Å²) in [6, 6.07) is 6.87. The predicted molar refractivity (Wildman–Crippen MR) is 144 cm³/mol. The first-order valence-electron chi connectivity index (χ1n) is 12.7. The molecule has 11 heteroatoms. The summed E-state index contributed by atoms with van der Waals surface area (Å²) in [4.78, 5) is 49.0. The average molecular weight is 526 g/mol. The minimum atomic E-state index is -0.782. The molecule has 0 aliphatic carbocycles. The molecule has 1 atom stereocenters. The number of hydrogen-bond donors (Lipinski definition) is 3. The lowest BCUT2D eigenvalue weighted by Crippen LogP contribution is -2.48. The Morgan fingerprint density at radius 3 is 2.68 bits per heavy atom. The van der Waals surface area contributed by atoms with Gasteiger partial charge in [0.15, 0.2) is 11.5 Å². The zero-order chi connectivity index (χ0) is 27.8. The molecule has 204 valence electrons. The number of hydrogen-bond acceptors (Lipinski definition) is 7. The van der Waals surface area contributed by atoms with E-state index in [2.05, 4.69) is 20.6 Å². The molecule has 0 saturated carbocycles. The molecule has 4 N–H and O–H groups in total. The van der Waals surface area contributed by atoms with Gasteiger partial charge in [0.25, 0.3) is 5.91 Å². The van der Waals surface area contributed by atoms with Crippen LogP contribution in [0.1, 0.15) is 41.3 Å². The first-order valence-corrected chi connectivity index (χ1v) is 12.7. The lowest BCUT2D eigenvalue weighted by atomic mass is 10.1. The summed E-state index contributed by atoms with van der Waals surface area (Å²) in [5.74, 6) is -0.916. The molecule has 0 bridgehead atoms. The van der Waals surface area contributed by atoms with Gasteiger partial charge < -0.3 is 21.3 Å². The van der Waals surface area contributed by atoms with Crippen molar-refractivity contribution in [2.24, 2.45) is 5.73 Å². The van der Waals surface area contributed by atoms with E-state index in [0.717, 1.165) is 17.0 Å². The molecule has 1 aliphatic rings. The highest BCUT2D eigenvalue weighted by Gasteiger charge is 2.25. The molecule has 0 unspecified atom stereocenters. The Hall–Kier alpha value is -3.86. The zero-order valence-electron chi connectivity index (χ0n) is 22.3. The minimum absolute atomic E-state index is 0.0848. The van der Waals surface area contributed by atoms with Crippen LogP contribution in [0, 0.1) is 6.92 Å². The normalized spacial score (nSPS) is 14.7. The topological polar surface area (TPSA) is 134 Å². The highest BCUT2D eigenvalue weighted by Crippen LogP contribution is 2.21. The molecule has 3 amide bonds. The zero-order valence-corrected chi connectivity index (χ0v) is 22.3. The van der Waals surface area contributed by atoms with Gasteiger partial charge in [0.1, 0.15) is 12.2 Å². The maximum absolute atomic E-state index is 12.9. The second kappa shape index (κ2) is 13.1. The number of primary amides is 1. The number of aryl methyl sites for hydroxylation is 2. The lowest BCUT2D eigenvalue weighted by Gasteiger charge is -2.33. The van der Waals surface area contributed by atoms with Gasteiger partial charge in [-0.2, -0.15) is 0 Å². The van der Waals surface area contributed by atoms with Crippen LogP contribution in [-0.4, -0.2) is 82.9 Å². The maximum atomic E-state index is 12.9. The van der Waals surface area contributed by atoms with E-state index in [1.165, 1.54) is 11.0 Å². The minimum Gasteiger partial charge on any atom is -0.364 e. The number of carbonyl (C=O) groups is 3. The summed E-state index contributed by atoms with van der Waals surface area (Å²) in [6.07, 6.45) is 3.52. The Balaban J connectivity index is 1.51. The molecular formula is C27H36FN7O3. The van der Waals surface area contributed by atoms with Gasteiger partial charge in [-0.25, -0.2) is 14.4 Å². The third-order valence-electron chi connectivity index (χ3n) is 6.48. The van der Waals surface area contributed by atoms with E-state index in [1.807, 2.05) is 43.0 Å². The van der Waals surface area contributed by atoms with Gasteiger partial charge in [0.05, 0.1) is 11.4 Å². The SMILES string of the molecule is CCc1nc(C(N)=O)c(Nc2cccc(CCNC(=O)[C@H](C)N(C)C(=O)/C=C/CN3CC(F)C3)c2)nc1C. The summed E-state index contributed by atoms with van der Waals surface area (Å²) < 4.78 is 12.9. The van der Waals surface area contributed by atoms with E-state index in [1.54, 1.807) is 20.0 Å². The van der Waals surface area contributed by atoms with Gasteiger partial charge in [0.2, 0.25) is 11.8 Å². The van der Waals surface area contributed by atoms with Crippen LogP contribution in [0.25, 0.3) is 0 Å². The van der Waals surface area contributed by atoms with E-state index in [9.17, 15) is 18.8 Å². The standard InChI is InChI=1S/C27H36FN7O3/c1-5-22-17(2)31-26(24(33-22)25(29)37)32-21-9-6-8-19(14-21)11-12-30-27(38)18(3)34(4)23(36)10-7-13-35-15-20(28)16-35/h6-10,14,18,20H,5,11-13,15-16H2,1-4H3,(H2,29,37)(H,30,38)(H,31,32)/b10-7+/t18-/m0/s1. The van der Waals surface area contributed by atoms with Crippen LogP contribution in [0.4, 0.5) is 15.9 Å². The van der Waals surface area contributed by atoms with E-state index in [4.69, 9.17) is 5.73 Å². The van der Waals surface area contributed by atoms with Gasteiger partial charge in [-0.1, -0.05) is 25.1 Å². The molecule has 0 spiro atoms. The van der Waals surface area contributed by atoms with Crippen LogP contribution in [0.15, 0.2) is 36.4 Å². The number of nitrogens with two attached hydrogens (primary N) is 1. The average Bonchev–Trinajstić information content (AvgIpc) is 2.86. The fourth-order valence-corrected chi connectivity index (χ4v) is 4.01. The monoisotopic (exact) mass is 525 g/mol. The van der Waals surface area contributed by atoms with Crippen molar-refractivity contribution < 1.29 is 18.8 Å². The van der Waals surface area contributed by atoms with Crippen LogP contribution >= 0.6 is 0 Å². The summed E-state index contributed by atoms with van der Waals surface area (Å²) in [5.41, 5.74) is 8.70. The van der Waals surface area contributed by atoms with Crippen LogP contribution < -0.4 is 16.4 Å². The highest BCUT2D eigenvalue weighted by atomic mass is 19.1. The van der Waals surface area contributed by atoms with Crippen molar-refractivity contribution in [3.63, 3.8) is 0 Å². The molecule has 1 aromatic heterocycles. The Morgan fingerprint density at radius 2 is 2.03 bits per heavy atom. The van der Waals surface area contributed by atoms with Crippen LogP contribution in [0.2, 0.25) is 0 Å². The molecule has 1 saturated heterocycles. The third-order valence-corrected chi connectivity index (χ3v) is 6.48. The van der Waals surface area contributed by atoms with E-state index >= 15 is 0 Å². The second-order valence-corrected chi connectivity index (χ2v) is 9.38. The Kier molecular flexibility index (Phi) is 9.89. The van der Waals surface area contributed by atoms with Crippen molar-refractivity contribution in [2.45, 2.75) is 45.8 Å². The molecule has 10 nitrogen and oxygen atoms in total. The summed E-state index contributed by atoms with van der Waals surface area (Å²) in [5, 5.41) is 6.00. The first-order chi connectivity index (χ1) is 18.1. The van der Waals surface area contributed by atoms with Crippen LogP contribution in [0.5, 0.6) is 0 Å². The molecule has 38 heavy (non-hydrogen) atoms. The molecule has 0 radical (unpaired) electrons. The van der Waals surface area contributed by atoms with Crippen molar-refractivity contribution in [2.75, 3.05) is 38.5 Å². The molecule has 1 aromatic carbocycles. The molecule has 3 rings (SSSR count). The lowest BCUT2D eigenvalue weighted by molar-refractivity contribution is -0.135. The Labute approximate surface area is 222 Å². The van der Waals surface area contributed by atoms with Crippen molar-refractivity contribution in [1.82, 2.24) is 25.1 Å². The Bertz CT molecular complexity index is 1200. The summed E-state index contributed by atoms with van der Waals surface area (Å²) in [7, 11) is 1.57. The third kappa shape index (κ3) is 7.58. The van der Waals surface area contributed by atoms with Crippen LogP contribution in [0.3, 0.4) is 0 Å². The number of rotatable bonds is 12. The number of likely N-dealkylation sites (tertiary alicyclic amines) is 1. The molecule has 1 aliphatic heterocycles. The molecule has 2 aromatic rings. The van der Waals surface area contributed by atoms with E-state index in [0.29, 0.717) is 50.5 Å². The Morgan fingerprint density at radius 1 is 1.29 bits per heavy atom. The van der Waals surface area contributed by atoms with Crippen LogP contribution in [-0.2, 0) is 22.4 Å². The number of aromatic nitrogens is 2. The highest BCUT2D eigenvalue weighted by molar-refractivity contribution is 5.96. The number of nitrogens with zero attached hydrogens (tertiary/aromatic N) is 4. The number of benzene rings is 1. The summed E-state index contributed by atoms with van der Waals surface area (Å²) >= 11 is 0. The largest absolute Gasteiger partial charge is 0.364 e. The second-order valence-electron chi connectivity index (χ2n) is 9.38. The van der Waals surface area contributed by atoms with Gasteiger partial charge in [-0.15, -0.1) is 0 Å². The fourth-order valence-electron chi connectivity index (χ4n) is 4.01. The fraction of sp³-hybridized carbons (Fsp3) is 0.444. The summed E-state index contributed by atoms with van der Waals surface area (Å²) in [6.45, 7) is 7.09. The number of nitrogens with one attached hydrogen (secondary N) is 2. The maximum Gasteiger partial charge on any atom is 0.271 e. The quantitative estimate of drug-likeness (QED) is 0.361. The number of carbonyl (C=O) groups excluding carboxylic acids is 3. The number of halogens is 1. The van der Waals surface area contributed by atoms with Crippen molar-refractivity contribution >= 4 is 29.2 Å². The van der Waals surface area contributed by atoms with Crippen molar-refractivity contribution in [3.8, 4) is 0 Å². The van der Waals surface area contributed by atoms with Gasteiger partial charge in [-0.3, -0.25) is 19.3 Å². The number of amides is 3. The van der Waals surface area contributed by atoms with E-state index in [-0.39, 0.29) is 17.5 Å². The number of likely N-dealkylation sites (N-methyl/N-ethyl adjacent to an activating group) is 1. The molecular weight excluding hydrogens is 489 g/mol. The van der Waals surface area contributed by atoms with Gasteiger partial charge >= 0.3 is 0 Å².